The van der Waals surface area contributed by atoms with Gasteiger partial charge in [-0.2, -0.15) is 0 Å². The summed E-state index contributed by atoms with van der Waals surface area (Å²) < 4.78 is 21.2. The molecule has 0 unspecified atom stereocenters. The second-order valence-corrected chi connectivity index (χ2v) is 3.63. The number of aryl methyl sites for hydroxylation is 1. The average Bonchev–Trinajstić information content (AvgIpc) is 1.86. The van der Waals surface area contributed by atoms with Crippen LogP contribution in [0.15, 0.2) is 29.2 Å². The van der Waals surface area contributed by atoms with E-state index < -0.39 is 10.0 Å². The molecule has 0 aliphatic carbocycles. The molecule has 0 N–H and O–H groups in total. The van der Waals surface area contributed by atoms with Crippen molar-refractivity contribution in [1.82, 2.24) is 5.14 Å². The number of hydrogen-bond acceptors (Lipinski definition) is 2. The number of benzene rings is 1. The minimum absolute atomic E-state index is 0.0278. The first-order valence-corrected chi connectivity index (χ1v) is 4.49. The first-order valence-electron chi connectivity index (χ1n) is 3.05. The van der Waals surface area contributed by atoms with Crippen LogP contribution in [0.4, 0.5) is 0 Å². The fraction of sp³-hybridized carbons (Fsp3) is 0.143. The molecule has 0 bridgehead atoms. The molecule has 3 nitrogen and oxygen atoms in total. The molecule has 0 amide bonds. The molecule has 2 radical (unpaired) electrons. The molecule has 1 rings (SSSR count). The van der Waals surface area contributed by atoms with Gasteiger partial charge in [0.05, 0.1) is 4.90 Å². The Morgan fingerprint density at radius 3 is 2.18 bits per heavy atom. The lowest BCUT2D eigenvalue weighted by atomic mass is 10.2. The quantitative estimate of drug-likeness (QED) is 0.623. The normalized spacial score (nSPS) is 11.5. The van der Waals surface area contributed by atoms with E-state index >= 15 is 0 Å². The average molecular weight is 169 g/mol. The molecule has 4 heteroatoms. The van der Waals surface area contributed by atoms with Crippen LogP contribution in [0.3, 0.4) is 0 Å². The molecule has 0 saturated carbocycles. The van der Waals surface area contributed by atoms with Crippen molar-refractivity contribution in [3.63, 3.8) is 0 Å². The van der Waals surface area contributed by atoms with Crippen molar-refractivity contribution in [3.8, 4) is 0 Å². The monoisotopic (exact) mass is 169 g/mol. The maximum atomic E-state index is 10.6. The van der Waals surface area contributed by atoms with Crippen LogP contribution in [0.1, 0.15) is 5.56 Å². The summed E-state index contributed by atoms with van der Waals surface area (Å²) in [6, 6.07) is 6.27. The lowest BCUT2D eigenvalue weighted by molar-refractivity contribution is 0.595. The van der Waals surface area contributed by atoms with Gasteiger partial charge in [0.25, 0.3) is 10.0 Å². The zero-order valence-corrected chi connectivity index (χ0v) is 6.80. The van der Waals surface area contributed by atoms with E-state index in [1.54, 1.807) is 25.1 Å². The van der Waals surface area contributed by atoms with Gasteiger partial charge in [0.1, 0.15) is 0 Å². The van der Waals surface area contributed by atoms with E-state index in [1.165, 1.54) is 6.07 Å². The Balaban J connectivity index is 3.37. The third-order valence-corrected chi connectivity index (χ3v) is 2.39. The van der Waals surface area contributed by atoms with Crippen LogP contribution in [-0.2, 0) is 10.0 Å². The molecule has 0 fully saturated rings. The van der Waals surface area contributed by atoms with E-state index in [0.717, 1.165) is 0 Å². The number of hydrogen-bond donors (Lipinski definition) is 0. The molecule has 11 heavy (non-hydrogen) atoms. The molecule has 1 aromatic rings. The first-order chi connectivity index (χ1) is 5.02. The maximum absolute atomic E-state index is 10.6. The molecule has 0 aromatic heterocycles. The van der Waals surface area contributed by atoms with Crippen LogP contribution in [0.2, 0.25) is 0 Å². The summed E-state index contributed by atoms with van der Waals surface area (Å²) in [6.45, 7) is 1.63. The van der Waals surface area contributed by atoms with Crippen molar-refractivity contribution < 1.29 is 8.42 Å². The van der Waals surface area contributed by atoms with E-state index in [9.17, 15) is 8.42 Å². The Bertz CT molecular complexity index is 356. The van der Waals surface area contributed by atoms with Crippen molar-refractivity contribution in [2.24, 2.45) is 0 Å². The molecule has 0 saturated heterocycles. The molecule has 1 aromatic carbocycles. The SMILES string of the molecule is Cc1ccccc1S([N])(=O)=O. The number of sulfonamides is 1. The molecule has 0 aliphatic rings. The Labute approximate surface area is 65.9 Å². The third-order valence-electron chi connectivity index (χ3n) is 1.37. The minimum atomic E-state index is -4.03. The first kappa shape index (κ1) is 8.23. The van der Waals surface area contributed by atoms with Crippen LogP contribution in [0, 0.1) is 6.92 Å². The predicted molar refractivity (Wildman–Crippen MR) is 40.5 cm³/mol. The Morgan fingerprint density at radius 2 is 1.82 bits per heavy atom. The fourth-order valence-electron chi connectivity index (χ4n) is 0.846. The van der Waals surface area contributed by atoms with Gasteiger partial charge in [-0.15, -0.1) is 0 Å². The molecule has 0 heterocycles. The van der Waals surface area contributed by atoms with E-state index in [4.69, 9.17) is 5.14 Å². The van der Waals surface area contributed by atoms with Crippen LogP contribution in [0.5, 0.6) is 0 Å². The van der Waals surface area contributed by atoms with Gasteiger partial charge in [-0.1, -0.05) is 18.2 Å². The largest absolute Gasteiger partial charge is 0.274 e. The molecular formula is C7H7NO2S. The van der Waals surface area contributed by atoms with Crippen LogP contribution < -0.4 is 5.14 Å². The zero-order chi connectivity index (χ0) is 8.48. The summed E-state index contributed by atoms with van der Waals surface area (Å²) in [7, 11) is -4.03. The third kappa shape index (κ3) is 1.78. The van der Waals surface area contributed by atoms with Crippen LogP contribution >= 0.6 is 0 Å². The Hall–Kier alpha value is -0.870. The van der Waals surface area contributed by atoms with Crippen molar-refractivity contribution in [2.45, 2.75) is 11.8 Å². The van der Waals surface area contributed by atoms with E-state index in [-0.39, 0.29) is 4.90 Å². The molecular weight excluding hydrogens is 162 g/mol. The van der Waals surface area contributed by atoms with Crippen LogP contribution in [-0.4, -0.2) is 8.42 Å². The molecule has 0 aliphatic heterocycles. The van der Waals surface area contributed by atoms with Crippen molar-refractivity contribution >= 4 is 10.0 Å². The minimum Gasteiger partial charge on any atom is -0.204 e. The Morgan fingerprint density at radius 1 is 1.27 bits per heavy atom. The summed E-state index contributed by atoms with van der Waals surface area (Å²) in [4.78, 5) is -0.0278. The van der Waals surface area contributed by atoms with Gasteiger partial charge in [0, 0.05) is 5.14 Å². The molecule has 0 atom stereocenters. The van der Waals surface area contributed by atoms with E-state index in [0.29, 0.717) is 5.56 Å². The Kier molecular flexibility index (Phi) is 1.97. The summed E-state index contributed by atoms with van der Waals surface area (Å²) in [6.07, 6.45) is 0. The summed E-state index contributed by atoms with van der Waals surface area (Å²) in [5, 5.41) is 8.64. The number of rotatable bonds is 1. The van der Waals surface area contributed by atoms with Gasteiger partial charge in [0.15, 0.2) is 0 Å². The molecule has 58 valence electrons. The van der Waals surface area contributed by atoms with Gasteiger partial charge < -0.3 is 0 Å². The molecule has 0 spiro atoms. The van der Waals surface area contributed by atoms with Crippen molar-refractivity contribution in [1.29, 1.82) is 0 Å². The lowest BCUT2D eigenvalue weighted by Gasteiger charge is -1.98. The van der Waals surface area contributed by atoms with Gasteiger partial charge in [-0.25, -0.2) is 8.42 Å². The lowest BCUT2D eigenvalue weighted by Crippen LogP contribution is -2.02. The van der Waals surface area contributed by atoms with E-state index in [1.807, 2.05) is 0 Å². The van der Waals surface area contributed by atoms with Gasteiger partial charge >= 0.3 is 0 Å². The van der Waals surface area contributed by atoms with Gasteiger partial charge in [-0.3, -0.25) is 0 Å². The predicted octanol–water partition coefficient (Wildman–Crippen LogP) is 0.752. The number of nitrogens with zero attached hydrogens (tertiary/aromatic N) is 1. The highest BCUT2D eigenvalue weighted by molar-refractivity contribution is 7.88. The second kappa shape index (κ2) is 2.64. The van der Waals surface area contributed by atoms with E-state index in [2.05, 4.69) is 0 Å². The highest BCUT2D eigenvalue weighted by Crippen LogP contribution is 2.11. The van der Waals surface area contributed by atoms with Gasteiger partial charge in [0.2, 0.25) is 0 Å². The smallest absolute Gasteiger partial charge is 0.204 e. The highest BCUT2D eigenvalue weighted by atomic mass is 32.2. The topological polar surface area (TPSA) is 56.4 Å². The van der Waals surface area contributed by atoms with Crippen molar-refractivity contribution in [2.75, 3.05) is 0 Å². The highest BCUT2D eigenvalue weighted by Gasteiger charge is 2.11. The summed E-state index contributed by atoms with van der Waals surface area (Å²) in [5.74, 6) is 0. The van der Waals surface area contributed by atoms with Crippen molar-refractivity contribution in [3.05, 3.63) is 29.8 Å². The summed E-state index contributed by atoms with van der Waals surface area (Å²) in [5.41, 5.74) is 0.551. The fourth-order valence-corrected chi connectivity index (χ4v) is 1.57. The standard InChI is InChI=1S/C7H7NO2S/c1-6-4-2-3-5-7(6)11(8,9)10/h2-5H,1H3. The summed E-state index contributed by atoms with van der Waals surface area (Å²) >= 11 is 0. The second-order valence-electron chi connectivity index (χ2n) is 2.24. The van der Waals surface area contributed by atoms with Gasteiger partial charge in [-0.05, 0) is 18.6 Å². The maximum Gasteiger partial charge on any atom is 0.274 e. The van der Waals surface area contributed by atoms with Crippen LogP contribution in [0.25, 0.3) is 0 Å². The zero-order valence-electron chi connectivity index (χ0n) is 5.98.